The molecule has 0 bridgehead atoms. The number of aromatic nitrogens is 2. The molecule has 0 saturated heterocycles. The number of nitrogens with one attached hydrogen (secondary N) is 1. The third kappa shape index (κ3) is 15.0. The summed E-state index contributed by atoms with van der Waals surface area (Å²) < 4.78 is 0. The van der Waals surface area contributed by atoms with E-state index in [0.29, 0.717) is 0 Å². The van der Waals surface area contributed by atoms with Gasteiger partial charge in [-0.1, -0.05) is 118 Å². The van der Waals surface area contributed by atoms with Crippen LogP contribution in [0.15, 0.2) is 30.3 Å². The standard InChI is InChI=1S/C16H21N3.C9H20.2C2H6/c1-5-15(14-9-7-6-8-11(14)2)19-16-10-12(3)17-13(4)18-16;1-3-5-7-9-8-6-4-2;2*1-2/h6-10,15H,5H2,1-4H3,(H,17,18,19);3-9H2,1-2H3;2*1-2H3. The van der Waals surface area contributed by atoms with Gasteiger partial charge in [0.2, 0.25) is 0 Å². The van der Waals surface area contributed by atoms with Gasteiger partial charge in [0.1, 0.15) is 11.6 Å². The molecule has 184 valence electrons. The van der Waals surface area contributed by atoms with Crippen molar-refractivity contribution < 1.29 is 0 Å². The van der Waals surface area contributed by atoms with Gasteiger partial charge < -0.3 is 5.32 Å². The molecule has 2 aromatic rings. The zero-order valence-electron chi connectivity index (χ0n) is 23.0. The van der Waals surface area contributed by atoms with E-state index in [1.54, 1.807) is 0 Å². The highest BCUT2D eigenvalue weighted by molar-refractivity contribution is 5.41. The van der Waals surface area contributed by atoms with Gasteiger partial charge in [-0.05, 0) is 38.3 Å². The molecular formula is C29H53N3. The largest absolute Gasteiger partial charge is 0.363 e. The lowest BCUT2D eigenvalue weighted by atomic mass is 9.99. The van der Waals surface area contributed by atoms with Gasteiger partial charge >= 0.3 is 0 Å². The van der Waals surface area contributed by atoms with E-state index in [4.69, 9.17) is 0 Å². The lowest BCUT2D eigenvalue weighted by molar-refractivity contribution is 0.602. The van der Waals surface area contributed by atoms with E-state index in [1.165, 1.54) is 56.1 Å². The smallest absolute Gasteiger partial charge is 0.130 e. The average molecular weight is 444 g/mol. The summed E-state index contributed by atoms with van der Waals surface area (Å²) in [6.07, 6.45) is 11.0. The first-order valence-corrected chi connectivity index (χ1v) is 13.2. The van der Waals surface area contributed by atoms with Crippen molar-refractivity contribution in [2.24, 2.45) is 0 Å². The fourth-order valence-corrected chi connectivity index (χ4v) is 3.38. The molecule has 1 aromatic heterocycles. The third-order valence-corrected chi connectivity index (χ3v) is 4.97. The highest BCUT2D eigenvalue weighted by Crippen LogP contribution is 2.24. The molecule has 32 heavy (non-hydrogen) atoms. The van der Waals surface area contributed by atoms with Crippen LogP contribution >= 0.6 is 0 Å². The van der Waals surface area contributed by atoms with Crippen molar-refractivity contribution in [1.82, 2.24) is 9.97 Å². The lowest BCUT2D eigenvalue weighted by Crippen LogP contribution is -2.13. The van der Waals surface area contributed by atoms with Gasteiger partial charge in [0.05, 0.1) is 6.04 Å². The van der Waals surface area contributed by atoms with Gasteiger partial charge in [0.15, 0.2) is 0 Å². The Kier molecular flexibility index (Phi) is 22.5. The molecular weight excluding hydrogens is 390 g/mol. The van der Waals surface area contributed by atoms with Gasteiger partial charge in [-0.3, -0.25) is 0 Å². The first-order chi connectivity index (χ1) is 15.5. The molecule has 0 radical (unpaired) electrons. The second-order valence-corrected chi connectivity index (χ2v) is 7.67. The Morgan fingerprint density at radius 1 is 0.750 bits per heavy atom. The molecule has 0 aliphatic heterocycles. The summed E-state index contributed by atoms with van der Waals surface area (Å²) >= 11 is 0. The molecule has 1 N–H and O–H groups in total. The molecule has 2 rings (SSSR count). The molecule has 0 spiro atoms. The van der Waals surface area contributed by atoms with Crippen LogP contribution in [0, 0.1) is 20.8 Å². The zero-order valence-corrected chi connectivity index (χ0v) is 23.0. The molecule has 3 nitrogen and oxygen atoms in total. The molecule has 1 unspecified atom stereocenters. The fourth-order valence-electron chi connectivity index (χ4n) is 3.38. The van der Waals surface area contributed by atoms with Crippen molar-refractivity contribution in [2.75, 3.05) is 5.32 Å². The van der Waals surface area contributed by atoms with Gasteiger partial charge in [-0.25, -0.2) is 9.97 Å². The molecule has 3 heteroatoms. The molecule has 1 aromatic carbocycles. The van der Waals surface area contributed by atoms with E-state index in [9.17, 15) is 0 Å². The summed E-state index contributed by atoms with van der Waals surface area (Å²) in [5.41, 5.74) is 3.64. The number of anilines is 1. The van der Waals surface area contributed by atoms with Crippen molar-refractivity contribution in [3.05, 3.63) is 53.0 Å². The number of rotatable bonds is 10. The SMILES string of the molecule is CC.CC.CCC(Nc1cc(C)nc(C)n1)c1ccccc1C.CCCCCCCCC. The van der Waals surface area contributed by atoms with Crippen LogP contribution in [-0.4, -0.2) is 9.97 Å². The quantitative estimate of drug-likeness (QED) is 0.371. The highest BCUT2D eigenvalue weighted by atomic mass is 15.0. The summed E-state index contributed by atoms with van der Waals surface area (Å²) in [5, 5.41) is 3.52. The maximum absolute atomic E-state index is 4.45. The van der Waals surface area contributed by atoms with Crippen LogP contribution in [0.5, 0.6) is 0 Å². The predicted octanol–water partition coefficient (Wildman–Crippen LogP) is 9.77. The topological polar surface area (TPSA) is 37.8 Å². The Morgan fingerprint density at radius 2 is 1.28 bits per heavy atom. The predicted molar refractivity (Wildman–Crippen MR) is 146 cm³/mol. The number of benzene rings is 1. The van der Waals surface area contributed by atoms with Crippen molar-refractivity contribution in [1.29, 1.82) is 0 Å². The van der Waals surface area contributed by atoms with Crippen molar-refractivity contribution in [2.45, 2.75) is 127 Å². The number of nitrogens with zero attached hydrogens (tertiary/aromatic N) is 2. The van der Waals surface area contributed by atoms with Crippen molar-refractivity contribution >= 4 is 5.82 Å². The Bertz CT molecular complexity index is 641. The molecule has 0 fully saturated rings. The molecule has 1 heterocycles. The van der Waals surface area contributed by atoms with Crippen LogP contribution in [0.25, 0.3) is 0 Å². The molecule has 0 aliphatic carbocycles. The summed E-state index contributed by atoms with van der Waals surface area (Å²) in [6, 6.07) is 10.8. The zero-order chi connectivity index (χ0) is 24.8. The summed E-state index contributed by atoms with van der Waals surface area (Å²) in [6.45, 7) is 20.8. The van der Waals surface area contributed by atoms with Gasteiger partial charge in [0, 0.05) is 11.8 Å². The normalized spacial score (nSPS) is 10.4. The maximum Gasteiger partial charge on any atom is 0.130 e. The number of aryl methyl sites for hydroxylation is 3. The molecule has 0 saturated carbocycles. The summed E-state index contributed by atoms with van der Waals surface area (Å²) in [5.74, 6) is 1.71. The van der Waals surface area contributed by atoms with Crippen molar-refractivity contribution in [3.8, 4) is 0 Å². The molecule has 0 aliphatic rings. The Labute approximate surface area is 200 Å². The molecule has 0 amide bonds. The van der Waals surface area contributed by atoms with E-state index in [1.807, 2.05) is 47.6 Å². The van der Waals surface area contributed by atoms with Crippen molar-refractivity contribution in [3.63, 3.8) is 0 Å². The fraction of sp³-hybridized carbons (Fsp3) is 0.655. The van der Waals surface area contributed by atoms with E-state index < -0.39 is 0 Å². The summed E-state index contributed by atoms with van der Waals surface area (Å²) in [4.78, 5) is 8.76. The minimum Gasteiger partial charge on any atom is -0.363 e. The Hall–Kier alpha value is -1.90. The van der Waals surface area contributed by atoms with Crippen LogP contribution in [0.4, 0.5) is 5.82 Å². The Morgan fingerprint density at radius 3 is 1.75 bits per heavy atom. The second-order valence-electron chi connectivity index (χ2n) is 7.67. The monoisotopic (exact) mass is 443 g/mol. The Balaban J connectivity index is 0. The van der Waals surface area contributed by atoms with E-state index >= 15 is 0 Å². The van der Waals surface area contributed by atoms with E-state index in [0.717, 1.165) is 23.8 Å². The van der Waals surface area contributed by atoms with E-state index in [-0.39, 0.29) is 6.04 Å². The van der Waals surface area contributed by atoms with Crippen LogP contribution in [0.2, 0.25) is 0 Å². The maximum atomic E-state index is 4.45. The van der Waals surface area contributed by atoms with Crippen LogP contribution in [0.3, 0.4) is 0 Å². The lowest BCUT2D eigenvalue weighted by Gasteiger charge is -2.20. The number of hydrogen-bond donors (Lipinski definition) is 1. The van der Waals surface area contributed by atoms with Crippen LogP contribution in [-0.2, 0) is 0 Å². The second kappa shape index (κ2) is 22.3. The van der Waals surface area contributed by atoms with Gasteiger partial charge in [-0.15, -0.1) is 0 Å². The minimum atomic E-state index is 0.287. The minimum absolute atomic E-state index is 0.287. The van der Waals surface area contributed by atoms with Gasteiger partial charge in [-0.2, -0.15) is 0 Å². The molecule has 1 atom stereocenters. The van der Waals surface area contributed by atoms with Gasteiger partial charge in [0.25, 0.3) is 0 Å². The first kappa shape index (κ1) is 32.3. The van der Waals surface area contributed by atoms with E-state index in [2.05, 4.69) is 67.2 Å². The number of unbranched alkanes of at least 4 members (excludes halogenated alkanes) is 6. The number of hydrogen-bond acceptors (Lipinski definition) is 3. The van der Waals surface area contributed by atoms with Crippen LogP contribution in [0.1, 0.15) is 129 Å². The highest BCUT2D eigenvalue weighted by Gasteiger charge is 2.12. The average Bonchev–Trinajstić information content (AvgIpc) is 2.80. The summed E-state index contributed by atoms with van der Waals surface area (Å²) in [7, 11) is 0. The third-order valence-electron chi connectivity index (χ3n) is 4.97. The van der Waals surface area contributed by atoms with Crippen LogP contribution < -0.4 is 5.32 Å². The first-order valence-electron chi connectivity index (χ1n) is 13.2.